The van der Waals surface area contributed by atoms with Crippen molar-refractivity contribution in [3.05, 3.63) is 53.7 Å². The fraction of sp³-hybridized carbons (Fsp3) is 0.500. The van der Waals surface area contributed by atoms with E-state index in [-0.39, 0.29) is 30.0 Å². The molecular formula is C24H36IN5O3. The van der Waals surface area contributed by atoms with Crippen molar-refractivity contribution in [3.63, 3.8) is 0 Å². The highest BCUT2D eigenvalue weighted by atomic mass is 127. The number of benzene rings is 1. The molecule has 1 atom stereocenters. The van der Waals surface area contributed by atoms with Gasteiger partial charge in [-0.2, -0.15) is 0 Å². The molecule has 3 rings (SSSR count). The lowest BCUT2D eigenvalue weighted by atomic mass is 10.1. The first kappa shape index (κ1) is 27.1. The van der Waals surface area contributed by atoms with Crippen molar-refractivity contribution in [2.75, 3.05) is 54.1 Å². The second kappa shape index (κ2) is 14.9. The van der Waals surface area contributed by atoms with Crippen molar-refractivity contribution >= 4 is 29.9 Å². The summed E-state index contributed by atoms with van der Waals surface area (Å²) in [5, 5.41) is 6.88. The van der Waals surface area contributed by atoms with E-state index in [1.54, 1.807) is 27.5 Å². The number of rotatable bonds is 11. The molecule has 0 radical (unpaired) electrons. The number of aliphatic imine (C=N–C) groups is 1. The molecule has 1 aromatic carbocycles. The van der Waals surface area contributed by atoms with E-state index in [4.69, 9.17) is 14.2 Å². The molecule has 0 amide bonds. The summed E-state index contributed by atoms with van der Waals surface area (Å²) in [6.07, 6.45) is 4.22. The van der Waals surface area contributed by atoms with Crippen LogP contribution in [0.3, 0.4) is 0 Å². The summed E-state index contributed by atoms with van der Waals surface area (Å²) in [6, 6.07) is 12.5. The van der Waals surface area contributed by atoms with Crippen LogP contribution in [-0.2, 0) is 11.3 Å². The fourth-order valence-corrected chi connectivity index (χ4v) is 3.84. The van der Waals surface area contributed by atoms with E-state index in [1.165, 1.54) is 18.4 Å². The fourth-order valence-electron chi connectivity index (χ4n) is 3.84. The van der Waals surface area contributed by atoms with Gasteiger partial charge in [-0.05, 0) is 49.7 Å². The molecule has 182 valence electrons. The summed E-state index contributed by atoms with van der Waals surface area (Å²) >= 11 is 0. The minimum atomic E-state index is 0. The molecule has 2 heterocycles. The third-order valence-electron chi connectivity index (χ3n) is 5.59. The predicted molar refractivity (Wildman–Crippen MR) is 142 cm³/mol. The summed E-state index contributed by atoms with van der Waals surface area (Å²) in [5.41, 5.74) is 2.24. The van der Waals surface area contributed by atoms with Crippen molar-refractivity contribution in [2.45, 2.75) is 25.4 Å². The molecule has 8 nitrogen and oxygen atoms in total. The van der Waals surface area contributed by atoms with E-state index >= 15 is 0 Å². The lowest BCUT2D eigenvalue weighted by molar-refractivity contribution is 0.143. The van der Waals surface area contributed by atoms with Gasteiger partial charge in [-0.15, -0.1) is 24.0 Å². The number of hydrogen-bond acceptors (Lipinski definition) is 6. The molecule has 0 spiro atoms. The molecule has 1 aromatic heterocycles. The maximum Gasteiger partial charge on any atom is 0.218 e. The van der Waals surface area contributed by atoms with Crippen LogP contribution in [0, 0.1) is 0 Å². The number of hydrogen-bond donors (Lipinski definition) is 2. The molecule has 1 fully saturated rings. The lowest BCUT2D eigenvalue weighted by Gasteiger charge is -2.29. The first-order valence-electron chi connectivity index (χ1n) is 11.1. The van der Waals surface area contributed by atoms with Gasteiger partial charge in [-0.3, -0.25) is 9.89 Å². The quantitative estimate of drug-likeness (QED) is 0.186. The topological polar surface area (TPSA) is 80.2 Å². The van der Waals surface area contributed by atoms with Gasteiger partial charge < -0.3 is 24.8 Å². The van der Waals surface area contributed by atoms with E-state index in [2.05, 4.69) is 37.6 Å². The normalized spacial score (nSPS) is 14.9. The Morgan fingerprint density at radius 1 is 1.09 bits per heavy atom. The molecule has 1 aliphatic heterocycles. The van der Waals surface area contributed by atoms with Gasteiger partial charge in [-0.1, -0.05) is 18.2 Å². The summed E-state index contributed by atoms with van der Waals surface area (Å²) in [7, 11) is 5.13. The Balaban J connectivity index is 0.00000385. The standard InChI is InChI=1S/C24H35N5O3.HI/c1-25-24(27-17-20-7-6-12-26-23(20)32-16-15-30-2)28-18-22(29-13-4-5-14-29)19-8-10-21(31-3)11-9-19;/h6-12,22H,4-5,13-18H2,1-3H3,(H2,25,27,28);1H. The van der Waals surface area contributed by atoms with Crippen LogP contribution in [0.1, 0.15) is 30.0 Å². The maximum atomic E-state index is 5.73. The highest BCUT2D eigenvalue weighted by Gasteiger charge is 2.23. The highest BCUT2D eigenvalue weighted by molar-refractivity contribution is 14.0. The van der Waals surface area contributed by atoms with Gasteiger partial charge in [0.15, 0.2) is 5.96 Å². The number of pyridine rings is 1. The molecule has 0 bridgehead atoms. The number of methoxy groups -OCH3 is 2. The number of likely N-dealkylation sites (tertiary alicyclic amines) is 1. The Bertz CT molecular complexity index is 844. The van der Waals surface area contributed by atoms with Crippen molar-refractivity contribution < 1.29 is 14.2 Å². The van der Waals surface area contributed by atoms with Gasteiger partial charge in [0.2, 0.25) is 5.88 Å². The van der Waals surface area contributed by atoms with Crippen LogP contribution < -0.4 is 20.1 Å². The van der Waals surface area contributed by atoms with Gasteiger partial charge in [0.25, 0.3) is 0 Å². The second-order valence-electron chi connectivity index (χ2n) is 7.65. The second-order valence-corrected chi connectivity index (χ2v) is 7.65. The first-order valence-corrected chi connectivity index (χ1v) is 11.1. The average Bonchev–Trinajstić information content (AvgIpc) is 3.37. The Hall–Kier alpha value is -2.11. The van der Waals surface area contributed by atoms with Crippen molar-refractivity contribution in [2.24, 2.45) is 4.99 Å². The van der Waals surface area contributed by atoms with E-state index in [0.717, 1.165) is 36.9 Å². The number of nitrogens with zero attached hydrogens (tertiary/aromatic N) is 3. The number of aromatic nitrogens is 1. The van der Waals surface area contributed by atoms with E-state index in [1.807, 2.05) is 24.3 Å². The van der Waals surface area contributed by atoms with Gasteiger partial charge in [0.05, 0.1) is 19.8 Å². The SMILES string of the molecule is CN=C(NCc1cccnc1OCCOC)NCC(c1ccc(OC)cc1)N1CCCC1.I. The van der Waals surface area contributed by atoms with E-state index in [0.29, 0.717) is 25.6 Å². The molecular weight excluding hydrogens is 533 g/mol. The van der Waals surface area contributed by atoms with Crippen molar-refractivity contribution in [3.8, 4) is 11.6 Å². The third kappa shape index (κ3) is 8.31. The van der Waals surface area contributed by atoms with Gasteiger partial charge in [0.1, 0.15) is 12.4 Å². The first-order chi connectivity index (χ1) is 15.7. The largest absolute Gasteiger partial charge is 0.497 e. The van der Waals surface area contributed by atoms with Crippen LogP contribution in [-0.4, -0.2) is 70.0 Å². The predicted octanol–water partition coefficient (Wildman–Crippen LogP) is 3.24. The minimum absolute atomic E-state index is 0. The molecule has 9 heteroatoms. The Kier molecular flexibility index (Phi) is 12.3. The Labute approximate surface area is 214 Å². The van der Waals surface area contributed by atoms with Crippen LogP contribution >= 0.6 is 24.0 Å². The Morgan fingerprint density at radius 2 is 1.85 bits per heavy atom. The smallest absolute Gasteiger partial charge is 0.218 e. The number of nitrogens with one attached hydrogen (secondary N) is 2. The zero-order valence-electron chi connectivity index (χ0n) is 19.8. The molecule has 33 heavy (non-hydrogen) atoms. The summed E-state index contributed by atoms with van der Waals surface area (Å²) in [5.74, 6) is 2.23. The van der Waals surface area contributed by atoms with E-state index in [9.17, 15) is 0 Å². The number of ether oxygens (including phenoxy) is 3. The monoisotopic (exact) mass is 569 g/mol. The van der Waals surface area contributed by atoms with Gasteiger partial charge in [-0.25, -0.2) is 4.98 Å². The Morgan fingerprint density at radius 3 is 2.52 bits per heavy atom. The van der Waals surface area contributed by atoms with Crippen LogP contribution in [0.25, 0.3) is 0 Å². The zero-order valence-corrected chi connectivity index (χ0v) is 22.1. The van der Waals surface area contributed by atoms with Gasteiger partial charge >= 0.3 is 0 Å². The molecule has 0 saturated carbocycles. The van der Waals surface area contributed by atoms with E-state index < -0.39 is 0 Å². The third-order valence-corrected chi connectivity index (χ3v) is 5.59. The minimum Gasteiger partial charge on any atom is -0.497 e. The zero-order chi connectivity index (χ0) is 22.6. The molecule has 2 aromatic rings. The maximum absolute atomic E-state index is 5.73. The molecule has 1 aliphatic rings. The molecule has 2 N–H and O–H groups in total. The van der Waals surface area contributed by atoms with Crippen LogP contribution in [0.2, 0.25) is 0 Å². The molecule has 1 saturated heterocycles. The highest BCUT2D eigenvalue weighted by Crippen LogP contribution is 2.26. The van der Waals surface area contributed by atoms with Crippen molar-refractivity contribution in [1.82, 2.24) is 20.5 Å². The van der Waals surface area contributed by atoms with Crippen molar-refractivity contribution in [1.29, 1.82) is 0 Å². The summed E-state index contributed by atoms with van der Waals surface area (Å²) < 4.78 is 16.1. The average molecular weight is 569 g/mol. The van der Waals surface area contributed by atoms with Gasteiger partial charge in [0, 0.05) is 39.0 Å². The summed E-state index contributed by atoms with van der Waals surface area (Å²) in [4.78, 5) is 11.3. The summed E-state index contributed by atoms with van der Waals surface area (Å²) in [6.45, 7) is 4.54. The lowest BCUT2D eigenvalue weighted by Crippen LogP contribution is -2.42. The van der Waals surface area contributed by atoms with Crippen LogP contribution in [0.5, 0.6) is 11.6 Å². The van der Waals surface area contributed by atoms with Crippen LogP contribution in [0.4, 0.5) is 0 Å². The number of guanidine groups is 1. The molecule has 1 unspecified atom stereocenters. The molecule has 0 aliphatic carbocycles. The van der Waals surface area contributed by atoms with Crippen LogP contribution in [0.15, 0.2) is 47.6 Å². The number of halogens is 1.